The molecule has 0 heterocycles. The fraction of sp³-hybridized carbons (Fsp3) is 0.364. The highest BCUT2D eigenvalue weighted by atomic mass is 19.3. The second-order valence-electron chi connectivity index (χ2n) is 3.74. The average Bonchev–Trinajstić information content (AvgIpc) is 2.30. The molecule has 0 saturated carbocycles. The van der Waals surface area contributed by atoms with Crippen molar-refractivity contribution < 1.29 is 18.7 Å². The van der Waals surface area contributed by atoms with Crippen molar-refractivity contribution in [3.05, 3.63) is 29.3 Å². The van der Waals surface area contributed by atoms with E-state index >= 15 is 0 Å². The first-order valence-electron chi connectivity index (χ1n) is 5.01. The summed E-state index contributed by atoms with van der Waals surface area (Å²) in [5.41, 5.74) is 5.56. The predicted molar refractivity (Wildman–Crippen MR) is 59.2 cm³/mol. The maximum atomic E-state index is 12.8. The molecule has 0 bridgehead atoms. The van der Waals surface area contributed by atoms with Crippen molar-refractivity contribution in [1.29, 1.82) is 0 Å². The third-order valence-corrected chi connectivity index (χ3v) is 2.27. The van der Waals surface area contributed by atoms with Gasteiger partial charge in [0.2, 0.25) is 0 Å². The molecule has 4 N–H and O–H groups in total. The van der Waals surface area contributed by atoms with Crippen LogP contribution in [-0.2, 0) is 0 Å². The van der Waals surface area contributed by atoms with Gasteiger partial charge in [0.1, 0.15) is 5.75 Å². The first-order chi connectivity index (χ1) is 7.85. The minimum atomic E-state index is -3.11. The van der Waals surface area contributed by atoms with Crippen LogP contribution in [0.3, 0.4) is 0 Å². The highest BCUT2D eigenvalue weighted by Gasteiger charge is 2.27. The highest BCUT2D eigenvalue weighted by molar-refractivity contribution is 5.94. The molecule has 1 amide bonds. The molecule has 0 aliphatic rings. The molecule has 0 saturated heterocycles. The van der Waals surface area contributed by atoms with Crippen LogP contribution in [0.15, 0.2) is 18.2 Å². The maximum absolute atomic E-state index is 12.8. The SMILES string of the molecule is Cc1cc(C(=O)NCC(F)(F)CN)ccc1O. The lowest BCUT2D eigenvalue weighted by Gasteiger charge is -2.14. The molecule has 4 nitrogen and oxygen atoms in total. The molecular weight excluding hydrogens is 230 g/mol. The molecule has 0 aliphatic carbocycles. The molecule has 0 fully saturated rings. The topological polar surface area (TPSA) is 75.4 Å². The number of rotatable bonds is 4. The summed E-state index contributed by atoms with van der Waals surface area (Å²) in [6, 6.07) is 4.12. The summed E-state index contributed by atoms with van der Waals surface area (Å²) >= 11 is 0. The molecule has 1 aromatic carbocycles. The van der Waals surface area contributed by atoms with E-state index in [2.05, 4.69) is 5.32 Å². The Morgan fingerprint density at radius 3 is 2.71 bits per heavy atom. The van der Waals surface area contributed by atoms with Gasteiger partial charge in [-0.2, -0.15) is 0 Å². The van der Waals surface area contributed by atoms with Gasteiger partial charge in [-0.3, -0.25) is 4.79 Å². The molecule has 1 aromatic rings. The summed E-state index contributed by atoms with van der Waals surface area (Å²) in [4.78, 5) is 11.5. The number of nitrogens with two attached hydrogens (primary N) is 1. The van der Waals surface area contributed by atoms with Crippen molar-refractivity contribution in [3.63, 3.8) is 0 Å². The van der Waals surface area contributed by atoms with E-state index in [1.54, 1.807) is 6.92 Å². The Morgan fingerprint density at radius 1 is 1.53 bits per heavy atom. The molecule has 94 valence electrons. The Balaban J connectivity index is 2.68. The largest absolute Gasteiger partial charge is 0.508 e. The van der Waals surface area contributed by atoms with Crippen LogP contribution >= 0.6 is 0 Å². The quantitative estimate of drug-likeness (QED) is 0.740. The Bertz CT molecular complexity index is 422. The maximum Gasteiger partial charge on any atom is 0.277 e. The summed E-state index contributed by atoms with van der Waals surface area (Å²) in [6.07, 6.45) is 0. The third-order valence-electron chi connectivity index (χ3n) is 2.27. The van der Waals surface area contributed by atoms with Crippen LogP contribution in [0.5, 0.6) is 5.75 Å². The number of hydrogen-bond donors (Lipinski definition) is 3. The molecule has 17 heavy (non-hydrogen) atoms. The van der Waals surface area contributed by atoms with Gasteiger partial charge in [-0.1, -0.05) is 0 Å². The van der Waals surface area contributed by atoms with Gasteiger partial charge in [-0.25, -0.2) is 8.78 Å². The number of aromatic hydroxyl groups is 1. The van der Waals surface area contributed by atoms with Gasteiger partial charge < -0.3 is 16.2 Å². The van der Waals surface area contributed by atoms with E-state index in [9.17, 15) is 18.7 Å². The zero-order chi connectivity index (χ0) is 13.1. The lowest BCUT2D eigenvalue weighted by atomic mass is 10.1. The number of benzene rings is 1. The average molecular weight is 244 g/mol. The van der Waals surface area contributed by atoms with Crippen LogP contribution in [0.4, 0.5) is 8.78 Å². The fourth-order valence-electron chi connectivity index (χ4n) is 1.18. The number of amides is 1. The van der Waals surface area contributed by atoms with Gasteiger partial charge in [0, 0.05) is 5.56 Å². The minimum Gasteiger partial charge on any atom is -0.508 e. The van der Waals surface area contributed by atoms with Crippen molar-refractivity contribution in [1.82, 2.24) is 5.32 Å². The summed E-state index contributed by atoms with van der Waals surface area (Å²) < 4.78 is 25.6. The van der Waals surface area contributed by atoms with E-state index < -0.39 is 24.9 Å². The number of aryl methyl sites for hydroxylation is 1. The normalized spacial score (nSPS) is 11.3. The lowest BCUT2D eigenvalue weighted by molar-refractivity contribution is 0.0118. The Kier molecular flexibility index (Phi) is 4.01. The van der Waals surface area contributed by atoms with Crippen LogP contribution < -0.4 is 11.1 Å². The van der Waals surface area contributed by atoms with E-state index in [0.29, 0.717) is 5.56 Å². The first kappa shape index (κ1) is 13.4. The highest BCUT2D eigenvalue weighted by Crippen LogP contribution is 2.17. The first-order valence-corrected chi connectivity index (χ1v) is 5.01. The van der Waals surface area contributed by atoms with Crippen LogP contribution in [-0.4, -0.2) is 30.0 Å². The predicted octanol–water partition coefficient (Wildman–Crippen LogP) is 1.02. The molecule has 0 aromatic heterocycles. The summed E-state index contributed by atoms with van der Waals surface area (Å²) in [7, 11) is 0. The number of nitrogens with one attached hydrogen (secondary N) is 1. The third kappa shape index (κ3) is 3.67. The van der Waals surface area contributed by atoms with Crippen molar-refractivity contribution >= 4 is 5.91 Å². The molecule has 1 rings (SSSR count). The molecular formula is C11H14F2N2O2. The van der Waals surface area contributed by atoms with Crippen molar-refractivity contribution in [2.45, 2.75) is 12.8 Å². The summed E-state index contributed by atoms with van der Waals surface area (Å²) in [5, 5.41) is 11.3. The molecule has 6 heteroatoms. The summed E-state index contributed by atoms with van der Waals surface area (Å²) in [6.45, 7) is -0.00918. The second kappa shape index (κ2) is 5.09. The number of halogens is 2. The minimum absolute atomic E-state index is 0.0499. The molecule has 0 radical (unpaired) electrons. The number of hydrogen-bond acceptors (Lipinski definition) is 3. The van der Waals surface area contributed by atoms with E-state index in [4.69, 9.17) is 5.73 Å². The number of carbonyl (C=O) groups is 1. The van der Waals surface area contributed by atoms with E-state index in [0.717, 1.165) is 0 Å². The number of alkyl halides is 2. The van der Waals surface area contributed by atoms with Crippen LogP contribution in [0.2, 0.25) is 0 Å². The molecule has 0 unspecified atom stereocenters. The Labute approximate surface area is 97.4 Å². The standard InChI is InChI=1S/C11H14F2N2O2/c1-7-4-8(2-3-9(7)16)10(17)15-6-11(12,13)5-14/h2-4,16H,5-6,14H2,1H3,(H,15,17). The van der Waals surface area contributed by atoms with E-state index in [1.165, 1.54) is 18.2 Å². The monoisotopic (exact) mass is 244 g/mol. The van der Waals surface area contributed by atoms with Crippen molar-refractivity contribution in [3.8, 4) is 5.75 Å². The molecule has 0 aliphatic heterocycles. The van der Waals surface area contributed by atoms with Gasteiger partial charge in [0.05, 0.1) is 13.1 Å². The Morgan fingerprint density at radius 2 is 2.18 bits per heavy atom. The number of carbonyl (C=O) groups excluding carboxylic acids is 1. The van der Waals surface area contributed by atoms with Crippen molar-refractivity contribution in [2.75, 3.05) is 13.1 Å². The molecule has 0 spiro atoms. The number of phenols is 1. The van der Waals surface area contributed by atoms with Gasteiger partial charge in [0.25, 0.3) is 11.8 Å². The smallest absolute Gasteiger partial charge is 0.277 e. The van der Waals surface area contributed by atoms with Crippen LogP contribution in [0, 0.1) is 6.92 Å². The van der Waals surface area contributed by atoms with Crippen LogP contribution in [0.25, 0.3) is 0 Å². The van der Waals surface area contributed by atoms with E-state index in [-0.39, 0.29) is 11.3 Å². The Hall–Kier alpha value is -1.69. The lowest BCUT2D eigenvalue weighted by Crippen LogP contribution is -2.41. The second-order valence-corrected chi connectivity index (χ2v) is 3.74. The van der Waals surface area contributed by atoms with Gasteiger partial charge in [-0.05, 0) is 30.7 Å². The zero-order valence-electron chi connectivity index (χ0n) is 9.34. The summed E-state index contributed by atoms with van der Waals surface area (Å²) in [5.74, 6) is -3.68. The van der Waals surface area contributed by atoms with Gasteiger partial charge >= 0.3 is 0 Å². The molecule has 0 atom stereocenters. The zero-order valence-corrected chi connectivity index (χ0v) is 9.34. The van der Waals surface area contributed by atoms with E-state index in [1.807, 2.05) is 0 Å². The fourth-order valence-corrected chi connectivity index (χ4v) is 1.18. The van der Waals surface area contributed by atoms with Gasteiger partial charge in [-0.15, -0.1) is 0 Å². The van der Waals surface area contributed by atoms with Crippen molar-refractivity contribution in [2.24, 2.45) is 5.73 Å². The van der Waals surface area contributed by atoms with Gasteiger partial charge in [0.15, 0.2) is 0 Å². The number of phenolic OH excluding ortho intramolecular Hbond substituents is 1. The van der Waals surface area contributed by atoms with Crippen LogP contribution in [0.1, 0.15) is 15.9 Å².